The molecule has 5 heteroatoms. The van der Waals surface area contributed by atoms with Crippen molar-refractivity contribution >= 4 is 22.9 Å². The van der Waals surface area contributed by atoms with Crippen molar-refractivity contribution in [1.29, 1.82) is 0 Å². The average molecular weight is 323 g/mol. The molecule has 0 aliphatic carbocycles. The smallest absolute Gasteiger partial charge is 0.233 e. The number of pyridine rings is 1. The van der Waals surface area contributed by atoms with E-state index in [-0.39, 0.29) is 5.91 Å². The second-order valence-electron chi connectivity index (χ2n) is 5.03. The molecule has 4 nitrogen and oxygen atoms in total. The standard InChI is InChI=1S/C18H17N3OS/c1-2-21(16-6-4-3-5-7-16)17(22)12-15-13-23-18(20-15)14-8-10-19-11-9-14/h3-11,13H,2,12H2,1H3. The van der Waals surface area contributed by atoms with Crippen molar-refractivity contribution in [2.24, 2.45) is 0 Å². The highest BCUT2D eigenvalue weighted by Crippen LogP contribution is 2.23. The summed E-state index contributed by atoms with van der Waals surface area (Å²) in [4.78, 5) is 22.9. The summed E-state index contributed by atoms with van der Waals surface area (Å²) in [6, 6.07) is 13.6. The predicted molar refractivity (Wildman–Crippen MR) is 93.5 cm³/mol. The lowest BCUT2D eigenvalue weighted by Gasteiger charge is -2.20. The van der Waals surface area contributed by atoms with Crippen molar-refractivity contribution in [1.82, 2.24) is 9.97 Å². The number of hydrogen-bond donors (Lipinski definition) is 0. The molecule has 0 aliphatic rings. The maximum Gasteiger partial charge on any atom is 0.233 e. The highest BCUT2D eigenvalue weighted by atomic mass is 32.1. The maximum atomic E-state index is 12.6. The van der Waals surface area contributed by atoms with Gasteiger partial charge >= 0.3 is 0 Å². The van der Waals surface area contributed by atoms with E-state index in [0.29, 0.717) is 13.0 Å². The van der Waals surface area contributed by atoms with E-state index in [9.17, 15) is 4.79 Å². The van der Waals surface area contributed by atoms with Crippen LogP contribution in [0.4, 0.5) is 5.69 Å². The van der Waals surface area contributed by atoms with Crippen LogP contribution in [0.25, 0.3) is 10.6 Å². The second-order valence-corrected chi connectivity index (χ2v) is 5.89. The van der Waals surface area contributed by atoms with E-state index in [1.54, 1.807) is 28.6 Å². The molecule has 0 radical (unpaired) electrons. The Balaban J connectivity index is 1.74. The molecule has 0 aliphatic heterocycles. The first-order valence-electron chi connectivity index (χ1n) is 7.48. The first-order valence-corrected chi connectivity index (χ1v) is 8.36. The Bertz CT molecular complexity index is 771. The molecule has 0 saturated heterocycles. The van der Waals surface area contributed by atoms with Crippen molar-refractivity contribution < 1.29 is 4.79 Å². The van der Waals surface area contributed by atoms with Crippen molar-refractivity contribution in [2.75, 3.05) is 11.4 Å². The van der Waals surface area contributed by atoms with Gasteiger partial charge in [0.15, 0.2) is 0 Å². The summed E-state index contributed by atoms with van der Waals surface area (Å²) >= 11 is 1.55. The Hall–Kier alpha value is -2.53. The third kappa shape index (κ3) is 3.63. The van der Waals surface area contributed by atoms with E-state index < -0.39 is 0 Å². The molecule has 0 atom stereocenters. The van der Waals surface area contributed by atoms with E-state index in [4.69, 9.17) is 0 Å². The summed E-state index contributed by atoms with van der Waals surface area (Å²) < 4.78 is 0. The molecule has 1 aromatic carbocycles. The molecule has 0 saturated carbocycles. The summed E-state index contributed by atoms with van der Waals surface area (Å²) in [6.07, 6.45) is 3.80. The molecule has 23 heavy (non-hydrogen) atoms. The molecule has 0 bridgehead atoms. The highest BCUT2D eigenvalue weighted by Gasteiger charge is 2.16. The van der Waals surface area contributed by atoms with Crippen LogP contribution < -0.4 is 4.90 Å². The molecular formula is C18H17N3OS. The Morgan fingerprint density at radius 3 is 2.57 bits per heavy atom. The van der Waals surface area contributed by atoms with Crippen LogP contribution in [-0.2, 0) is 11.2 Å². The molecule has 0 N–H and O–H groups in total. The van der Waals surface area contributed by atoms with Crippen LogP contribution in [0, 0.1) is 0 Å². The van der Waals surface area contributed by atoms with Gasteiger partial charge < -0.3 is 4.90 Å². The number of anilines is 1. The van der Waals surface area contributed by atoms with Gasteiger partial charge in [-0.15, -0.1) is 11.3 Å². The third-order valence-corrected chi connectivity index (χ3v) is 4.44. The molecule has 0 fully saturated rings. The Morgan fingerprint density at radius 2 is 1.87 bits per heavy atom. The minimum Gasteiger partial charge on any atom is -0.312 e. The Morgan fingerprint density at radius 1 is 1.13 bits per heavy atom. The molecular weight excluding hydrogens is 306 g/mol. The van der Waals surface area contributed by atoms with E-state index in [1.165, 1.54) is 0 Å². The summed E-state index contributed by atoms with van der Waals surface area (Å²) in [5, 5.41) is 2.87. The maximum absolute atomic E-state index is 12.6. The minimum absolute atomic E-state index is 0.0604. The number of likely N-dealkylation sites (N-methyl/N-ethyl adjacent to an activating group) is 1. The Labute approximate surface area is 139 Å². The quantitative estimate of drug-likeness (QED) is 0.717. The fourth-order valence-corrected chi connectivity index (χ4v) is 3.20. The lowest BCUT2D eigenvalue weighted by Crippen LogP contribution is -2.32. The van der Waals surface area contributed by atoms with Crippen LogP contribution in [-0.4, -0.2) is 22.4 Å². The van der Waals surface area contributed by atoms with Crippen LogP contribution in [0.15, 0.2) is 60.2 Å². The lowest BCUT2D eigenvalue weighted by molar-refractivity contribution is -0.118. The summed E-state index contributed by atoms with van der Waals surface area (Å²) in [5.74, 6) is 0.0604. The van der Waals surface area contributed by atoms with Gasteiger partial charge in [0.1, 0.15) is 5.01 Å². The molecule has 0 spiro atoms. The number of aromatic nitrogens is 2. The van der Waals surface area contributed by atoms with Gasteiger partial charge in [-0.25, -0.2) is 4.98 Å². The predicted octanol–water partition coefficient (Wildman–Crippen LogP) is 3.80. The normalized spacial score (nSPS) is 10.5. The molecule has 2 aromatic heterocycles. The number of benzene rings is 1. The van der Waals surface area contributed by atoms with Gasteiger partial charge in [-0.2, -0.15) is 0 Å². The van der Waals surface area contributed by atoms with Gasteiger partial charge in [0.25, 0.3) is 0 Å². The molecule has 116 valence electrons. The number of nitrogens with zero attached hydrogens (tertiary/aromatic N) is 3. The Kier molecular flexibility index (Phi) is 4.78. The van der Waals surface area contributed by atoms with Crippen LogP contribution in [0.3, 0.4) is 0 Å². The van der Waals surface area contributed by atoms with Gasteiger partial charge in [0, 0.05) is 35.6 Å². The van der Waals surface area contributed by atoms with Crippen molar-refractivity contribution in [3.8, 4) is 10.6 Å². The fourth-order valence-electron chi connectivity index (χ4n) is 2.38. The zero-order chi connectivity index (χ0) is 16.1. The molecule has 3 rings (SSSR count). The van der Waals surface area contributed by atoms with Gasteiger partial charge in [-0.1, -0.05) is 18.2 Å². The number of thiazole rings is 1. The van der Waals surface area contributed by atoms with Gasteiger partial charge in [0.2, 0.25) is 5.91 Å². The summed E-state index contributed by atoms with van der Waals surface area (Å²) in [7, 11) is 0. The van der Waals surface area contributed by atoms with Crippen LogP contribution in [0.5, 0.6) is 0 Å². The summed E-state index contributed by atoms with van der Waals surface area (Å²) in [6.45, 7) is 2.62. The second kappa shape index (κ2) is 7.15. The van der Waals surface area contributed by atoms with Gasteiger partial charge in [-0.05, 0) is 31.2 Å². The number of amides is 1. The number of carbonyl (C=O) groups excluding carboxylic acids is 1. The largest absolute Gasteiger partial charge is 0.312 e. The first-order chi connectivity index (χ1) is 11.3. The third-order valence-electron chi connectivity index (χ3n) is 3.50. The SMILES string of the molecule is CCN(C(=O)Cc1csc(-c2ccncc2)n1)c1ccccc1. The minimum atomic E-state index is 0.0604. The first kappa shape index (κ1) is 15.4. The molecule has 2 heterocycles. The molecule has 0 unspecified atom stereocenters. The number of carbonyl (C=O) groups is 1. The van der Waals surface area contributed by atoms with Crippen molar-refractivity contribution in [2.45, 2.75) is 13.3 Å². The topological polar surface area (TPSA) is 46.1 Å². The zero-order valence-corrected chi connectivity index (χ0v) is 13.7. The van der Waals surface area contributed by atoms with Gasteiger partial charge in [-0.3, -0.25) is 9.78 Å². The van der Waals surface area contributed by atoms with E-state index in [2.05, 4.69) is 9.97 Å². The number of rotatable bonds is 5. The van der Waals surface area contributed by atoms with E-state index in [0.717, 1.165) is 22.0 Å². The highest BCUT2D eigenvalue weighted by molar-refractivity contribution is 7.13. The van der Waals surface area contributed by atoms with E-state index >= 15 is 0 Å². The average Bonchev–Trinajstić information content (AvgIpc) is 3.06. The number of hydrogen-bond acceptors (Lipinski definition) is 4. The van der Waals surface area contributed by atoms with Crippen molar-refractivity contribution in [3.05, 3.63) is 65.9 Å². The summed E-state index contributed by atoms with van der Waals surface area (Å²) in [5.41, 5.74) is 2.75. The van der Waals surface area contributed by atoms with Crippen molar-refractivity contribution in [3.63, 3.8) is 0 Å². The molecule has 3 aromatic rings. The number of para-hydroxylation sites is 1. The van der Waals surface area contributed by atoms with Crippen LogP contribution in [0.1, 0.15) is 12.6 Å². The lowest BCUT2D eigenvalue weighted by atomic mass is 10.2. The fraction of sp³-hybridized carbons (Fsp3) is 0.167. The van der Waals surface area contributed by atoms with Crippen LogP contribution >= 0.6 is 11.3 Å². The monoisotopic (exact) mass is 323 g/mol. The van der Waals surface area contributed by atoms with E-state index in [1.807, 2.05) is 54.8 Å². The van der Waals surface area contributed by atoms with Crippen LogP contribution in [0.2, 0.25) is 0 Å². The molecule has 1 amide bonds. The zero-order valence-electron chi connectivity index (χ0n) is 12.8. The van der Waals surface area contributed by atoms with Gasteiger partial charge in [0.05, 0.1) is 12.1 Å².